The van der Waals surface area contributed by atoms with Crippen molar-refractivity contribution in [1.82, 2.24) is 20.0 Å². The van der Waals surface area contributed by atoms with E-state index in [2.05, 4.69) is 15.3 Å². The molecule has 1 N–H and O–H groups in total. The van der Waals surface area contributed by atoms with Gasteiger partial charge in [0, 0.05) is 18.0 Å². The van der Waals surface area contributed by atoms with E-state index in [1.165, 1.54) is 0 Å². The van der Waals surface area contributed by atoms with Crippen molar-refractivity contribution in [1.29, 1.82) is 0 Å². The van der Waals surface area contributed by atoms with Gasteiger partial charge in [0.05, 0.1) is 12.1 Å². The van der Waals surface area contributed by atoms with Gasteiger partial charge in [-0.3, -0.25) is 14.3 Å². The van der Waals surface area contributed by atoms with E-state index in [1.54, 1.807) is 10.7 Å². The zero-order valence-electron chi connectivity index (χ0n) is 16.7. The Kier molecular flexibility index (Phi) is 5.88. The van der Waals surface area contributed by atoms with Gasteiger partial charge in [-0.15, -0.1) is 12.4 Å². The van der Waals surface area contributed by atoms with Crippen LogP contribution >= 0.6 is 12.4 Å². The Bertz CT molecular complexity index is 1110. The second-order valence-electron chi connectivity index (χ2n) is 8.06. The monoisotopic (exact) mass is 424 g/mol. The number of nitrogens with one attached hydrogen (secondary N) is 1. The SMILES string of the molecule is Cl.O=C(NC1CN2CCC1CC2)c1nn(Cc2ccccc2)c2ccccc2c1=O. The maximum atomic E-state index is 13.1. The average molecular weight is 425 g/mol. The summed E-state index contributed by atoms with van der Waals surface area (Å²) in [6.07, 6.45) is 2.21. The second-order valence-corrected chi connectivity index (χ2v) is 8.06. The van der Waals surface area contributed by atoms with Crippen molar-refractivity contribution in [3.05, 3.63) is 76.1 Å². The number of benzene rings is 2. The molecule has 4 heterocycles. The van der Waals surface area contributed by atoms with E-state index in [4.69, 9.17) is 0 Å². The van der Waals surface area contributed by atoms with Crippen LogP contribution in [0, 0.1) is 5.92 Å². The fourth-order valence-corrected chi connectivity index (χ4v) is 4.63. The maximum absolute atomic E-state index is 13.1. The lowest BCUT2D eigenvalue weighted by molar-refractivity contribution is 0.0616. The Hall–Kier alpha value is -2.70. The minimum Gasteiger partial charge on any atom is -0.346 e. The quantitative estimate of drug-likeness (QED) is 0.699. The number of hydrogen-bond donors (Lipinski definition) is 1. The predicted octanol–water partition coefficient (Wildman–Crippen LogP) is 2.69. The zero-order chi connectivity index (χ0) is 19.8. The molecule has 6 nitrogen and oxygen atoms in total. The van der Waals surface area contributed by atoms with Crippen molar-refractivity contribution >= 4 is 29.2 Å². The molecule has 1 amide bonds. The van der Waals surface area contributed by atoms with Crippen LogP contribution in [0.3, 0.4) is 0 Å². The molecule has 3 aliphatic rings. The van der Waals surface area contributed by atoms with Gasteiger partial charge >= 0.3 is 0 Å². The molecular weight excluding hydrogens is 400 g/mol. The third-order valence-corrected chi connectivity index (χ3v) is 6.23. The van der Waals surface area contributed by atoms with Crippen LogP contribution in [-0.4, -0.2) is 46.3 Å². The first-order valence-corrected chi connectivity index (χ1v) is 10.3. The van der Waals surface area contributed by atoms with Gasteiger partial charge in [0.15, 0.2) is 5.69 Å². The van der Waals surface area contributed by atoms with Crippen LogP contribution in [0.1, 0.15) is 28.9 Å². The summed E-state index contributed by atoms with van der Waals surface area (Å²) in [5.74, 6) is 0.136. The second kappa shape index (κ2) is 8.58. The van der Waals surface area contributed by atoms with Crippen LogP contribution in [0.25, 0.3) is 10.9 Å². The number of carbonyl (C=O) groups excluding carboxylic acids is 1. The fourth-order valence-electron chi connectivity index (χ4n) is 4.63. The molecule has 3 aliphatic heterocycles. The van der Waals surface area contributed by atoms with Crippen LogP contribution in [0.4, 0.5) is 0 Å². The number of aromatic nitrogens is 2. The Balaban J connectivity index is 0.00000218. The molecule has 6 rings (SSSR count). The number of fused-ring (bicyclic) bond motifs is 4. The first-order chi connectivity index (χ1) is 14.2. The first kappa shape index (κ1) is 20.6. The van der Waals surface area contributed by atoms with E-state index in [0.717, 1.165) is 43.6 Å². The highest BCUT2D eigenvalue weighted by atomic mass is 35.5. The summed E-state index contributed by atoms with van der Waals surface area (Å²) in [5.41, 5.74) is 1.48. The maximum Gasteiger partial charge on any atom is 0.276 e. The van der Waals surface area contributed by atoms with Crippen molar-refractivity contribution in [3.63, 3.8) is 0 Å². The summed E-state index contributed by atoms with van der Waals surface area (Å²) in [7, 11) is 0. The standard InChI is InChI=1S/C23H24N4O2.ClH/c28-22-18-8-4-5-9-20(18)27(14-16-6-2-1-3-7-16)25-21(22)23(29)24-19-15-26-12-10-17(19)11-13-26;/h1-9,17,19H,10-15H2,(H,24,29);1H. The molecular formula is C23H25ClN4O2. The van der Waals surface area contributed by atoms with Crippen LogP contribution in [0.5, 0.6) is 0 Å². The molecule has 30 heavy (non-hydrogen) atoms. The van der Waals surface area contributed by atoms with E-state index in [1.807, 2.05) is 48.5 Å². The molecule has 3 saturated heterocycles. The molecule has 3 fully saturated rings. The van der Waals surface area contributed by atoms with E-state index in [-0.39, 0.29) is 35.5 Å². The van der Waals surface area contributed by atoms with Crippen LogP contribution in [-0.2, 0) is 6.54 Å². The summed E-state index contributed by atoms with van der Waals surface area (Å²) in [6.45, 7) is 3.58. The van der Waals surface area contributed by atoms with Crippen molar-refractivity contribution in [2.75, 3.05) is 19.6 Å². The van der Waals surface area contributed by atoms with E-state index >= 15 is 0 Å². The van der Waals surface area contributed by atoms with E-state index in [9.17, 15) is 9.59 Å². The molecule has 2 bridgehead atoms. The minimum absolute atomic E-state index is 0. The molecule has 1 atom stereocenters. The van der Waals surface area contributed by atoms with E-state index in [0.29, 0.717) is 17.8 Å². The number of hydrogen-bond acceptors (Lipinski definition) is 4. The number of amides is 1. The molecule has 0 aliphatic carbocycles. The van der Waals surface area contributed by atoms with E-state index < -0.39 is 0 Å². The predicted molar refractivity (Wildman–Crippen MR) is 119 cm³/mol. The van der Waals surface area contributed by atoms with Crippen molar-refractivity contribution in [3.8, 4) is 0 Å². The highest BCUT2D eigenvalue weighted by Crippen LogP contribution is 2.27. The van der Waals surface area contributed by atoms with Crippen LogP contribution in [0.2, 0.25) is 0 Å². The van der Waals surface area contributed by atoms with Crippen LogP contribution in [0.15, 0.2) is 59.4 Å². The summed E-state index contributed by atoms with van der Waals surface area (Å²) in [6, 6.07) is 17.4. The minimum atomic E-state index is -0.360. The van der Waals surface area contributed by atoms with Gasteiger partial charge in [0.2, 0.25) is 5.43 Å². The molecule has 7 heteroatoms. The molecule has 0 saturated carbocycles. The molecule has 0 spiro atoms. The zero-order valence-corrected chi connectivity index (χ0v) is 17.5. The molecule has 0 radical (unpaired) electrons. The smallest absolute Gasteiger partial charge is 0.276 e. The molecule has 3 aromatic rings. The van der Waals surface area contributed by atoms with Gasteiger partial charge in [-0.05, 0) is 49.5 Å². The van der Waals surface area contributed by atoms with Gasteiger partial charge in [-0.2, -0.15) is 5.10 Å². The normalized spacial score (nSPS) is 22.5. The molecule has 1 unspecified atom stereocenters. The van der Waals surface area contributed by atoms with Gasteiger partial charge in [-0.25, -0.2) is 0 Å². The van der Waals surface area contributed by atoms with Crippen molar-refractivity contribution in [2.24, 2.45) is 5.92 Å². The largest absolute Gasteiger partial charge is 0.346 e. The van der Waals surface area contributed by atoms with Gasteiger partial charge in [0.1, 0.15) is 0 Å². The Morgan fingerprint density at radius 1 is 1.03 bits per heavy atom. The van der Waals surface area contributed by atoms with Crippen LogP contribution < -0.4 is 10.7 Å². The number of piperidine rings is 3. The summed E-state index contributed by atoms with van der Waals surface area (Å²) >= 11 is 0. The number of para-hydroxylation sites is 1. The number of halogens is 1. The molecule has 1 aromatic heterocycles. The highest BCUT2D eigenvalue weighted by Gasteiger charge is 2.35. The van der Waals surface area contributed by atoms with Gasteiger partial charge < -0.3 is 10.2 Å². The average Bonchev–Trinajstić information content (AvgIpc) is 2.77. The lowest BCUT2D eigenvalue weighted by Gasteiger charge is -2.44. The summed E-state index contributed by atoms with van der Waals surface area (Å²) < 4.78 is 1.76. The highest BCUT2D eigenvalue weighted by molar-refractivity contribution is 5.95. The topological polar surface area (TPSA) is 67.2 Å². The fraction of sp³-hybridized carbons (Fsp3) is 0.348. The van der Waals surface area contributed by atoms with Crippen molar-refractivity contribution < 1.29 is 4.79 Å². The Morgan fingerprint density at radius 2 is 1.73 bits per heavy atom. The number of rotatable bonds is 4. The molecule has 156 valence electrons. The Labute approximate surface area is 181 Å². The lowest BCUT2D eigenvalue weighted by atomic mass is 9.84. The lowest BCUT2D eigenvalue weighted by Crippen LogP contribution is -2.57. The third-order valence-electron chi connectivity index (χ3n) is 6.23. The van der Waals surface area contributed by atoms with Gasteiger partial charge in [-0.1, -0.05) is 42.5 Å². The Morgan fingerprint density at radius 3 is 2.43 bits per heavy atom. The third kappa shape index (κ3) is 3.85. The molecule has 2 aromatic carbocycles. The summed E-state index contributed by atoms with van der Waals surface area (Å²) in [4.78, 5) is 28.5. The van der Waals surface area contributed by atoms with Gasteiger partial charge in [0.25, 0.3) is 5.91 Å². The van der Waals surface area contributed by atoms with Crippen molar-refractivity contribution in [2.45, 2.75) is 25.4 Å². The number of nitrogens with zero attached hydrogens (tertiary/aromatic N) is 3. The summed E-state index contributed by atoms with van der Waals surface area (Å²) in [5, 5.41) is 8.13. The first-order valence-electron chi connectivity index (χ1n) is 10.3. The number of carbonyl (C=O) groups is 1.